The second-order valence-electron chi connectivity index (χ2n) is 4.70. The van der Waals surface area contributed by atoms with Gasteiger partial charge in [-0.3, -0.25) is 4.90 Å². The van der Waals surface area contributed by atoms with Crippen molar-refractivity contribution in [3.05, 3.63) is 29.6 Å². The van der Waals surface area contributed by atoms with Gasteiger partial charge in [0.05, 0.1) is 0 Å². The maximum Gasteiger partial charge on any atom is 0.339 e. The van der Waals surface area contributed by atoms with Gasteiger partial charge >= 0.3 is 5.97 Å². The summed E-state index contributed by atoms with van der Waals surface area (Å²) in [5, 5.41) is 8.99. The van der Waals surface area contributed by atoms with Gasteiger partial charge in [-0.2, -0.15) is 0 Å². The lowest BCUT2D eigenvalue weighted by atomic mass is 10.1. The molecule has 1 N–H and O–H groups in total. The summed E-state index contributed by atoms with van der Waals surface area (Å²) in [6.45, 7) is 3.23. The summed E-state index contributed by atoms with van der Waals surface area (Å²) < 4.78 is 18.5. The Hall–Kier alpha value is -1.62. The van der Waals surface area contributed by atoms with Gasteiger partial charge in [0.1, 0.15) is 23.7 Å². The molecule has 0 saturated carbocycles. The molecule has 0 aliphatic carbocycles. The van der Waals surface area contributed by atoms with Crippen molar-refractivity contribution in [1.82, 2.24) is 4.90 Å². The number of likely N-dealkylation sites (tertiary alicyclic amines) is 1. The average Bonchev–Trinajstić information content (AvgIpc) is 2.39. The summed E-state index contributed by atoms with van der Waals surface area (Å²) in [7, 11) is 0. The Morgan fingerprint density at radius 2 is 2.05 bits per heavy atom. The van der Waals surface area contributed by atoms with Crippen LogP contribution >= 0.6 is 0 Å². The standard InChI is InChI=1S/C14H18FNO3/c15-11-4-5-12(14(17)18)13(10-11)19-9-8-16-6-2-1-3-7-16/h4-5,10H,1-3,6-9H2,(H,17,18). The first-order valence-corrected chi connectivity index (χ1v) is 6.55. The molecule has 0 bridgehead atoms. The predicted molar refractivity (Wildman–Crippen MR) is 69.1 cm³/mol. The fraction of sp³-hybridized carbons (Fsp3) is 0.500. The summed E-state index contributed by atoms with van der Waals surface area (Å²) in [5.41, 5.74) is 0.0000409. The normalized spacial score (nSPS) is 16.3. The molecule has 1 saturated heterocycles. The number of ether oxygens (including phenoxy) is 1. The van der Waals surface area contributed by atoms with E-state index >= 15 is 0 Å². The first kappa shape index (κ1) is 13.8. The Morgan fingerprint density at radius 3 is 2.74 bits per heavy atom. The quantitative estimate of drug-likeness (QED) is 0.890. The van der Waals surface area contributed by atoms with Crippen LogP contribution in [0.25, 0.3) is 0 Å². The van der Waals surface area contributed by atoms with Gasteiger partial charge in [0.25, 0.3) is 0 Å². The first-order valence-electron chi connectivity index (χ1n) is 6.55. The van der Waals surface area contributed by atoms with Crippen LogP contribution < -0.4 is 4.74 Å². The third kappa shape index (κ3) is 3.92. The van der Waals surface area contributed by atoms with Gasteiger partial charge in [-0.25, -0.2) is 9.18 Å². The van der Waals surface area contributed by atoms with E-state index in [0.717, 1.165) is 31.8 Å². The fourth-order valence-electron chi connectivity index (χ4n) is 2.26. The van der Waals surface area contributed by atoms with Gasteiger partial charge in [-0.15, -0.1) is 0 Å². The Kier molecular flexibility index (Phi) is 4.74. The molecule has 104 valence electrons. The van der Waals surface area contributed by atoms with Crippen molar-refractivity contribution >= 4 is 5.97 Å². The highest BCUT2D eigenvalue weighted by Gasteiger charge is 2.14. The molecule has 0 unspecified atom stereocenters. The number of hydrogen-bond acceptors (Lipinski definition) is 3. The number of hydrogen-bond donors (Lipinski definition) is 1. The van der Waals surface area contributed by atoms with Crippen molar-refractivity contribution in [3.63, 3.8) is 0 Å². The minimum atomic E-state index is -1.10. The average molecular weight is 267 g/mol. The number of aromatic carboxylic acids is 1. The highest BCUT2D eigenvalue weighted by molar-refractivity contribution is 5.90. The maximum atomic E-state index is 13.1. The van der Waals surface area contributed by atoms with Crippen LogP contribution in [0.2, 0.25) is 0 Å². The first-order chi connectivity index (χ1) is 9.16. The fourth-order valence-corrected chi connectivity index (χ4v) is 2.26. The molecule has 19 heavy (non-hydrogen) atoms. The molecule has 0 amide bonds. The van der Waals surface area contributed by atoms with Crippen molar-refractivity contribution in [2.24, 2.45) is 0 Å². The van der Waals surface area contributed by atoms with Gasteiger partial charge in [0.15, 0.2) is 0 Å². The zero-order valence-corrected chi connectivity index (χ0v) is 10.8. The minimum absolute atomic E-state index is 0.0000409. The highest BCUT2D eigenvalue weighted by Crippen LogP contribution is 2.20. The van der Waals surface area contributed by atoms with E-state index in [-0.39, 0.29) is 11.3 Å². The molecule has 0 spiro atoms. The lowest BCUT2D eigenvalue weighted by molar-refractivity contribution is 0.0691. The molecule has 1 aromatic rings. The Morgan fingerprint density at radius 1 is 1.32 bits per heavy atom. The molecule has 1 fully saturated rings. The van der Waals surface area contributed by atoms with Gasteiger partial charge in [0.2, 0.25) is 0 Å². The molecular formula is C14H18FNO3. The summed E-state index contributed by atoms with van der Waals surface area (Å²) in [5.74, 6) is -1.49. The summed E-state index contributed by atoms with van der Waals surface area (Å²) in [6, 6.07) is 3.48. The Labute approximate surface area is 111 Å². The molecule has 2 rings (SSSR count). The van der Waals surface area contributed by atoms with Crippen LogP contribution in [0.5, 0.6) is 5.75 Å². The highest BCUT2D eigenvalue weighted by atomic mass is 19.1. The molecule has 5 heteroatoms. The Bertz CT molecular complexity index is 444. The van der Waals surface area contributed by atoms with Crippen LogP contribution in [0.15, 0.2) is 18.2 Å². The number of nitrogens with zero attached hydrogens (tertiary/aromatic N) is 1. The molecule has 1 aromatic carbocycles. The van der Waals surface area contributed by atoms with Crippen molar-refractivity contribution in [2.45, 2.75) is 19.3 Å². The van der Waals surface area contributed by atoms with E-state index in [1.54, 1.807) is 0 Å². The molecule has 4 nitrogen and oxygen atoms in total. The largest absolute Gasteiger partial charge is 0.491 e. The third-order valence-electron chi connectivity index (χ3n) is 3.29. The van der Waals surface area contributed by atoms with Crippen molar-refractivity contribution < 1.29 is 19.0 Å². The van der Waals surface area contributed by atoms with Crippen LogP contribution in [0.1, 0.15) is 29.6 Å². The Balaban J connectivity index is 1.91. The number of piperidine rings is 1. The monoisotopic (exact) mass is 267 g/mol. The number of carboxylic acids is 1. The summed E-state index contributed by atoms with van der Waals surface area (Å²) >= 11 is 0. The molecular weight excluding hydrogens is 249 g/mol. The van der Waals surface area contributed by atoms with Gasteiger partial charge in [0, 0.05) is 12.6 Å². The molecule has 1 aliphatic heterocycles. The molecule has 1 aliphatic rings. The van der Waals surface area contributed by atoms with Crippen molar-refractivity contribution in [3.8, 4) is 5.75 Å². The number of benzene rings is 1. The summed E-state index contributed by atoms with van der Waals surface area (Å²) in [6.07, 6.45) is 3.66. The number of carbonyl (C=O) groups is 1. The van der Waals surface area contributed by atoms with E-state index in [0.29, 0.717) is 6.61 Å². The van der Waals surface area contributed by atoms with E-state index in [4.69, 9.17) is 9.84 Å². The lowest BCUT2D eigenvalue weighted by Crippen LogP contribution is -2.33. The number of carboxylic acid groups (broad SMARTS) is 1. The van der Waals surface area contributed by atoms with Gasteiger partial charge in [-0.1, -0.05) is 6.42 Å². The predicted octanol–water partition coefficient (Wildman–Crippen LogP) is 2.39. The van der Waals surface area contributed by atoms with Crippen LogP contribution in [0.3, 0.4) is 0 Å². The van der Waals surface area contributed by atoms with Gasteiger partial charge in [-0.05, 0) is 38.1 Å². The maximum absolute atomic E-state index is 13.1. The second-order valence-corrected chi connectivity index (χ2v) is 4.70. The topological polar surface area (TPSA) is 49.8 Å². The summed E-state index contributed by atoms with van der Waals surface area (Å²) in [4.78, 5) is 13.3. The minimum Gasteiger partial charge on any atom is -0.491 e. The van der Waals surface area contributed by atoms with Crippen LogP contribution in [-0.2, 0) is 0 Å². The third-order valence-corrected chi connectivity index (χ3v) is 3.29. The smallest absolute Gasteiger partial charge is 0.339 e. The van der Waals surface area contributed by atoms with E-state index in [1.165, 1.54) is 25.3 Å². The second kappa shape index (κ2) is 6.52. The lowest BCUT2D eigenvalue weighted by Gasteiger charge is -2.26. The van der Waals surface area contributed by atoms with Crippen LogP contribution in [0, 0.1) is 5.82 Å². The van der Waals surface area contributed by atoms with E-state index < -0.39 is 11.8 Å². The van der Waals surface area contributed by atoms with Crippen molar-refractivity contribution in [2.75, 3.05) is 26.2 Å². The van der Waals surface area contributed by atoms with E-state index in [1.807, 2.05) is 0 Å². The van der Waals surface area contributed by atoms with Crippen molar-refractivity contribution in [1.29, 1.82) is 0 Å². The molecule has 1 heterocycles. The number of rotatable bonds is 5. The zero-order valence-electron chi connectivity index (χ0n) is 10.8. The van der Waals surface area contributed by atoms with E-state index in [2.05, 4.69) is 4.90 Å². The molecule has 0 radical (unpaired) electrons. The van der Waals surface area contributed by atoms with Crippen LogP contribution in [-0.4, -0.2) is 42.2 Å². The van der Waals surface area contributed by atoms with E-state index in [9.17, 15) is 9.18 Å². The van der Waals surface area contributed by atoms with Gasteiger partial charge < -0.3 is 9.84 Å². The molecule has 0 aromatic heterocycles. The SMILES string of the molecule is O=C(O)c1ccc(F)cc1OCCN1CCCCC1. The molecule has 0 atom stereocenters. The number of halogens is 1. The zero-order chi connectivity index (χ0) is 13.7. The van der Waals surface area contributed by atoms with Crippen LogP contribution in [0.4, 0.5) is 4.39 Å².